The molecule has 0 saturated heterocycles. The van der Waals surface area contributed by atoms with Crippen LogP contribution < -0.4 is 5.32 Å². The van der Waals surface area contributed by atoms with Crippen molar-refractivity contribution in [3.05, 3.63) is 36.5 Å². The Balaban J connectivity index is 3.56. The summed E-state index contributed by atoms with van der Waals surface area (Å²) in [7, 11) is 0. The van der Waals surface area contributed by atoms with Crippen LogP contribution in [0.2, 0.25) is 0 Å². The van der Waals surface area contributed by atoms with Crippen molar-refractivity contribution < 1.29 is 24.5 Å². The van der Waals surface area contributed by atoms with E-state index in [1.807, 2.05) is 6.08 Å². The second kappa shape index (κ2) is 48.7. The van der Waals surface area contributed by atoms with E-state index in [0.717, 1.165) is 51.4 Å². The minimum atomic E-state index is -0.699. The number of amides is 1. The first-order valence-electron chi connectivity index (χ1n) is 25.7. The fraction of sp³-hybridized carbons (Fsp3) is 0.849. The first-order chi connectivity index (χ1) is 29.0. The molecule has 0 aromatic rings. The summed E-state index contributed by atoms with van der Waals surface area (Å²) in [5.74, 6) is -0.142. The van der Waals surface area contributed by atoms with E-state index in [2.05, 4.69) is 49.5 Å². The Hall–Kier alpha value is -1.92. The van der Waals surface area contributed by atoms with Crippen molar-refractivity contribution in [2.45, 2.75) is 276 Å². The van der Waals surface area contributed by atoms with Crippen LogP contribution in [0.1, 0.15) is 264 Å². The van der Waals surface area contributed by atoms with Gasteiger partial charge in [0.15, 0.2) is 0 Å². The van der Waals surface area contributed by atoms with Gasteiger partial charge >= 0.3 is 5.97 Å². The number of rotatable bonds is 47. The molecule has 0 rings (SSSR count). The van der Waals surface area contributed by atoms with Gasteiger partial charge in [0, 0.05) is 12.8 Å². The minimum absolute atomic E-state index is 0.0260. The highest BCUT2D eigenvalue weighted by Crippen LogP contribution is 2.16. The second-order valence-electron chi connectivity index (χ2n) is 17.5. The summed E-state index contributed by atoms with van der Waals surface area (Å²) in [4.78, 5) is 24.4. The van der Waals surface area contributed by atoms with Gasteiger partial charge < -0.3 is 20.3 Å². The summed E-state index contributed by atoms with van der Waals surface area (Å²) in [6, 6.07) is -0.585. The molecule has 59 heavy (non-hydrogen) atoms. The van der Waals surface area contributed by atoms with Gasteiger partial charge in [0.05, 0.1) is 25.4 Å². The van der Waals surface area contributed by atoms with E-state index in [9.17, 15) is 19.8 Å². The van der Waals surface area contributed by atoms with Crippen LogP contribution in [-0.2, 0) is 14.3 Å². The number of unbranched alkanes of at least 4 members (excludes halogenated alkanes) is 30. The van der Waals surface area contributed by atoms with E-state index in [4.69, 9.17) is 4.74 Å². The molecule has 3 N–H and O–H groups in total. The monoisotopic (exact) mass is 830 g/mol. The zero-order chi connectivity index (χ0) is 43.0. The molecule has 6 nitrogen and oxygen atoms in total. The van der Waals surface area contributed by atoms with Gasteiger partial charge in [-0.3, -0.25) is 9.59 Å². The minimum Gasteiger partial charge on any atom is -0.466 e. The van der Waals surface area contributed by atoms with Crippen molar-refractivity contribution in [3.63, 3.8) is 0 Å². The van der Waals surface area contributed by atoms with Gasteiger partial charge in [-0.15, -0.1) is 0 Å². The fourth-order valence-electron chi connectivity index (χ4n) is 7.68. The Bertz CT molecular complexity index is 962. The number of aliphatic hydroxyl groups is 2. The molecule has 0 aromatic heterocycles. The van der Waals surface area contributed by atoms with Crippen LogP contribution in [0.15, 0.2) is 36.5 Å². The first-order valence-corrected chi connectivity index (χ1v) is 25.7. The molecule has 0 heterocycles. The standard InChI is InChI=1S/C53H99NO5/c1-3-5-7-9-11-13-15-17-19-21-25-29-33-37-41-45-51(56)50(49-55)54-52(57)46-42-38-34-30-26-22-20-24-28-32-36-40-44-48-59-53(58)47-43-39-35-31-27-23-18-16-14-12-10-8-6-4-2/h16,18,22,26,34,38,50-51,55-56H,3-15,17,19-21,23-25,27-33,35-37,39-49H2,1-2H3,(H,54,57)/b18-16-,26-22-,38-34-. The lowest BCUT2D eigenvalue weighted by Gasteiger charge is -2.22. The molecular weight excluding hydrogens is 731 g/mol. The van der Waals surface area contributed by atoms with Crippen LogP contribution in [0.5, 0.6) is 0 Å². The number of carbonyl (C=O) groups is 2. The number of esters is 1. The van der Waals surface area contributed by atoms with Crippen molar-refractivity contribution >= 4 is 11.9 Å². The topological polar surface area (TPSA) is 95.9 Å². The number of allylic oxidation sites excluding steroid dienone is 6. The van der Waals surface area contributed by atoms with Crippen molar-refractivity contribution in [3.8, 4) is 0 Å². The summed E-state index contributed by atoms with van der Waals surface area (Å²) in [5, 5.41) is 23.1. The van der Waals surface area contributed by atoms with Crippen molar-refractivity contribution in [1.29, 1.82) is 0 Å². The normalized spacial score (nSPS) is 12.9. The lowest BCUT2D eigenvalue weighted by Crippen LogP contribution is -2.45. The number of aliphatic hydroxyl groups excluding tert-OH is 2. The highest BCUT2D eigenvalue weighted by atomic mass is 16.5. The van der Waals surface area contributed by atoms with Gasteiger partial charge in [0.25, 0.3) is 0 Å². The maximum absolute atomic E-state index is 12.4. The number of carbonyl (C=O) groups excluding carboxylic acids is 2. The SMILES string of the molecule is CCCCCCC/C=C\CCCCCCCC(=O)OCCCCCCCC/C=C\C/C=C\CCC(=O)NC(CO)C(O)CCCCCCCCCCCCCCCCC. The number of ether oxygens (including phenoxy) is 1. The van der Waals surface area contributed by atoms with Crippen molar-refractivity contribution in [1.82, 2.24) is 5.32 Å². The Morgan fingerprint density at radius 1 is 0.475 bits per heavy atom. The van der Waals surface area contributed by atoms with E-state index in [-0.39, 0.29) is 18.5 Å². The predicted molar refractivity (Wildman–Crippen MR) is 255 cm³/mol. The summed E-state index contributed by atoms with van der Waals surface area (Å²) >= 11 is 0. The van der Waals surface area contributed by atoms with E-state index in [1.165, 1.54) is 173 Å². The lowest BCUT2D eigenvalue weighted by molar-refractivity contribution is -0.143. The van der Waals surface area contributed by atoms with E-state index >= 15 is 0 Å². The van der Waals surface area contributed by atoms with Gasteiger partial charge in [-0.2, -0.15) is 0 Å². The molecule has 6 heteroatoms. The molecule has 0 aliphatic rings. The molecule has 0 saturated carbocycles. The summed E-state index contributed by atoms with van der Waals surface area (Å²) in [6.07, 6.45) is 58.4. The highest BCUT2D eigenvalue weighted by Gasteiger charge is 2.19. The van der Waals surface area contributed by atoms with E-state index in [1.54, 1.807) is 0 Å². The second-order valence-corrected chi connectivity index (χ2v) is 17.5. The molecule has 0 bridgehead atoms. The zero-order valence-electron chi connectivity index (χ0n) is 39.2. The average molecular weight is 830 g/mol. The molecule has 0 aliphatic heterocycles. The largest absolute Gasteiger partial charge is 0.466 e. The van der Waals surface area contributed by atoms with Gasteiger partial charge in [-0.1, -0.05) is 217 Å². The molecule has 0 radical (unpaired) electrons. The lowest BCUT2D eigenvalue weighted by atomic mass is 10.0. The van der Waals surface area contributed by atoms with Crippen molar-refractivity contribution in [2.24, 2.45) is 0 Å². The Morgan fingerprint density at radius 3 is 1.34 bits per heavy atom. The molecule has 2 atom stereocenters. The number of nitrogens with one attached hydrogen (secondary N) is 1. The fourth-order valence-corrected chi connectivity index (χ4v) is 7.68. The maximum atomic E-state index is 12.4. The molecule has 1 amide bonds. The summed E-state index contributed by atoms with van der Waals surface area (Å²) in [6.45, 7) is 4.87. The van der Waals surface area contributed by atoms with Crippen LogP contribution in [-0.4, -0.2) is 47.4 Å². The maximum Gasteiger partial charge on any atom is 0.305 e. The molecule has 0 fully saturated rings. The summed E-state index contributed by atoms with van der Waals surface area (Å²) < 4.78 is 5.44. The van der Waals surface area contributed by atoms with Crippen LogP contribution in [0.25, 0.3) is 0 Å². The predicted octanol–water partition coefficient (Wildman–Crippen LogP) is 15.3. The highest BCUT2D eigenvalue weighted by molar-refractivity contribution is 5.76. The average Bonchev–Trinajstić information content (AvgIpc) is 3.24. The smallest absolute Gasteiger partial charge is 0.305 e. The number of hydrogen-bond acceptors (Lipinski definition) is 5. The molecule has 0 aliphatic carbocycles. The van der Waals surface area contributed by atoms with Gasteiger partial charge in [0.1, 0.15) is 0 Å². The molecule has 346 valence electrons. The van der Waals surface area contributed by atoms with Crippen LogP contribution in [0.4, 0.5) is 0 Å². The first kappa shape index (κ1) is 57.1. The number of hydrogen-bond donors (Lipinski definition) is 3. The Kier molecular flexibility index (Phi) is 47.2. The third-order valence-corrected chi connectivity index (χ3v) is 11.7. The van der Waals surface area contributed by atoms with Crippen LogP contribution in [0.3, 0.4) is 0 Å². The van der Waals surface area contributed by atoms with Gasteiger partial charge in [-0.25, -0.2) is 0 Å². The van der Waals surface area contributed by atoms with Crippen LogP contribution in [0, 0.1) is 0 Å². The summed E-state index contributed by atoms with van der Waals surface area (Å²) in [5.41, 5.74) is 0. The van der Waals surface area contributed by atoms with Crippen molar-refractivity contribution in [2.75, 3.05) is 13.2 Å². The Morgan fingerprint density at radius 2 is 0.864 bits per heavy atom. The van der Waals surface area contributed by atoms with E-state index < -0.39 is 12.1 Å². The third-order valence-electron chi connectivity index (χ3n) is 11.7. The van der Waals surface area contributed by atoms with Crippen LogP contribution >= 0.6 is 0 Å². The molecule has 0 aromatic carbocycles. The third kappa shape index (κ3) is 45.4. The molecular formula is C53H99NO5. The zero-order valence-corrected chi connectivity index (χ0v) is 39.2. The molecule has 2 unspecified atom stereocenters. The van der Waals surface area contributed by atoms with Gasteiger partial charge in [-0.05, 0) is 70.6 Å². The van der Waals surface area contributed by atoms with Gasteiger partial charge in [0.2, 0.25) is 5.91 Å². The quantitative estimate of drug-likeness (QED) is 0.0323. The molecule has 0 spiro atoms. The van der Waals surface area contributed by atoms with E-state index in [0.29, 0.717) is 32.3 Å². The Labute approximate surface area is 366 Å².